The summed E-state index contributed by atoms with van der Waals surface area (Å²) in [6, 6.07) is 8.66. The van der Waals surface area contributed by atoms with Gasteiger partial charge in [-0.2, -0.15) is 0 Å². The molecule has 0 radical (unpaired) electrons. The van der Waals surface area contributed by atoms with E-state index in [1.165, 1.54) is 63.7 Å². The topological polar surface area (TPSA) is 15.3 Å². The van der Waals surface area contributed by atoms with Crippen molar-refractivity contribution in [2.75, 3.05) is 25.0 Å². The molecule has 2 rings (SSSR count). The summed E-state index contributed by atoms with van der Waals surface area (Å²) in [5, 5.41) is 3.06. The van der Waals surface area contributed by atoms with Gasteiger partial charge >= 0.3 is 0 Å². The van der Waals surface area contributed by atoms with E-state index >= 15 is 0 Å². The molecular weight excluding hydrogens is 380 g/mol. The van der Waals surface area contributed by atoms with Gasteiger partial charge in [0.1, 0.15) is 4.32 Å². The first kappa shape index (κ1) is 25.2. The number of rotatable bonds is 8. The highest BCUT2D eigenvalue weighted by molar-refractivity contribution is 8.11. The quantitative estimate of drug-likeness (QED) is 0.261. The molecule has 1 saturated carbocycles. The second kappa shape index (κ2) is 15.1. The molecule has 1 aliphatic carbocycles. The third kappa shape index (κ3) is 10.1. The Morgan fingerprint density at radius 3 is 2.04 bits per heavy atom. The van der Waals surface area contributed by atoms with Crippen molar-refractivity contribution in [1.82, 2.24) is 4.90 Å². The van der Waals surface area contributed by atoms with Crippen LogP contribution in [-0.4, -0.2) is 28.9 Å². The molecule has 0 spiro atoms. The predicted octanol–water partition coefficient (Wildman–Crippen LogP) is 7.29. The number of hydrogen-bond donors (Lipinski definition) is 2. The summed E-state index contributed by atoms with van der Waals surface area (Å²) in [5.74, 6) is 1.52. The Kier molecular flexibility index (Phi) is 13.6. The highest BCUT2D eigenvalue weighted by atomic mass is 32.1. The van der Waals surface area contributed by atoms with E-state index < -0.39 is 0 Å². The van der Waals surface area contributed by atoms with Crippen LogP contribution in [0.25, 0.3) is 0 Å². The molecule has 1 aromatic carbocycles. The summed E-state index contributed by atoms with van der Waals surface area (Å²) < 4.78 is 0.516. The number of hydrogen-bond acceptors (Lipinski definition) is 2. The number of thiocarbonyl (C=S) groups is 1. The second-order valence-corrected chi connectivity index (χ2v) is 8.66. The first-order valence-corrected chi connectivity index (χ1v) is 11.9. The van der Waals surface area contributed by atoms with Crippen LogP contribution in [0, 0.1) is 5.92 Å². The molecule has 1 aromatic rings. The zero-order valence-corrected chi connectivity index (χ0v) is 20.0. The highest BCUT2D eigenvalue weighted by Gasteiger charge is 2.20. The number of nitrogens with one attached hydrogen (secondary N) is 1. The molecule has 2 nitrogen and oxygen atoms in total. The fraction of sp³-hybridized carbons (Fsp3) is 0.625. The van der Waals surface area contributed by atoms with Gasteiger partial charge in [-0.25, -0.2) is 0 Å². The Balaban J connectivity index is 0.000000480. The Bertz CT molecular complexity index is 551. The lowest BCUT2D eigenvalue weighted by molar-refractivity contribution is 0.321. The third-order valence-corrected chi connectivity index (χ3v) is 5.82. The lowest BCUT2D eigenvalue weighted by Gasteiger charge is -2.27. The van der Waals surface area contributed by atoms with E-state index in [9.17, 15) is 0 Å². The summed E-state index contributed by atoms with van der Waals surface area (Å²) >= 11 is 9.03. The number of nitrogens with zero attached hydrogens (tertiary/aromatic N) is 1. The molecule has 0 saturated heterocycles. The van der Waals surface area contributed by atoms with Gasteiger partial charge in [-0.05, 0) is 81.3 Å². The van der Waals surface area contributed by atoms with Crippen LogP contribution < -0.4 is 5.32 Å². The Morgan fingerprint density at radius 1 is 1.04 bits per heavy atom. The standard InChI is InChI=1S/C18H25NS2.C6H15N/c1-2-3-4-5-14-6-8-15(9-7-14)16-10-12-17(13-11-16)19-18(20)21;1-4-7(5-2)6-3/h4-5,10-15H,2-3,6-9H2,1H3,(H2,19,20,21);4-6H2,1-3H3. The molecule has 0 heterocycles. The molecule has 0 amide bonds. The minimum atomic E-state index is 0.516. The van der Waals surface area contributed by atoms with Crippen molar-refractivity contribution in [1.29, 1.82) is 0 Å². The molecule has 0 aromatic heterocycles. The Morgan fingerprint density at radius 2 is 1.61 bits per heavy atom. The molecule has 0 bridgehead atoms. The maximum atomic E-state index is 4.94. The molecular formula is C24H40N2S2. The van der Waals surface area contributed by atoms with Gasteiger partial charge in [0.15, 0.2) is 0 Å². The third-order valence-electron chi connectivity index (χ3n) is 5.61. The van der Waals surface area contributed by atoms with Crippen molar-refractivity contribution >= 4 is 34.9 Å². The average Bonchev–Trinajstić information content (AvgIpc) is 2.71. The Hall–Kier alpha value is -0.840. The van der Waals surface area contributed by atoms with E-state index in [0.717, 1.165) is 17.5 Å². The fourth-order valence-corrected chi connectivity index (χ4v) is 3.98. The van der Waals surface area contributed by atoms with Gasteiger partial charge in [0.25, 0.3) is 0 Å². The molecule has 0 aliphatic heterocycles. The zero-order valence-electron chi connectivity index (χ0n) is 18.3. The van der Waals surface area contributed by atoms with Gasteiger partial charge in [-0.1, -0.05) is 70.6 Å². The number of benzene rings is 1. The van der Waals surface area contributed by atoms with E-state index in [1.54, 1.807) is 0 Å². The summed E-state index contributed by atoms with van der Waals surface area (Å²) in [6.45, 7) is 12.4. The van der Waals surface area contributed by atoms with Crippen LogP contribution >= 0.6 is 24.8 Å². The van der Waals surface area contributed by atoms with Crippen LogP contribution in [0.5, 0.6) is 0 Å². The van der Waals surface area contributed by atoms with Crippen LogP contribution in [0.2, 0.25) is 0 Å². The van der Waals surface area contributed by atoms with Crippen molar-refractivity contribution in [3.8, 4) is 0 Å². The Labute approximate surface area is 184 Å². The van der Waals surface area contributed by atoms with Gasteiger partial charge in [-0.3, -0.25) is 0 Å². The molecule has 4 heteroatoms. The summed E-state index contributed by atoms with van der Waals surface area (Å²) in [7, 11) is 0. The summed E-state index contributed by atoms with van der Waals surface area (Å²) in [5.41, 5.74) is 2.48. The first-order chi connectivity index (χ1) is 13.5. The molecule has 28 heavy (non-hydrogen) atoms. The number of thiol groups is 1. The molecule has 0 atom stereocenters. The van der Waals surface area contributed by atoms with Crippen LogP contribution in [0.1, 0.15) is 77.7 Å². The van der Waals surface area contributed by atoms with Crippen molar-refractivity contribution < 1.29 is 0 Å². The van der Waals surface area contributed by atoms with E-state index in [-0.39, 0.29) is 0 Å². The maximum absolute atomic E-state index is 4.94. The van der Waals surface area contributed by atoms with Crippen LogP contribution in [-0.2, 0) is 0 Å². The average molecular weight is 421 g/mol. The fourth-order valence-electron chi connectivity index (χ4n) is 3.73. The molecule has 1 N–H and O–H groups in total. The van der Waals surface area contributed by atoms with Gasteiger partial charge < -0.3 is 10.2 Å². The summed E-state index contributed by atoms with van der Waals surface area (Å²) in [6.07, 6.45) is 12.5. The number of allylic oxidation sites excluding steroid dienone is 2. The number of unbranched alkanes of at least 4 members (excludes halogenated alkanes) is 1. The molecule has 1 aliphatic rings. The lowest BCUT2D eigenvalue weighted by Crippen LogP contribution is -2.21. The van der Waals surface area contributed by atoms with Crippen molar-refractivity contribution in [2.45, 2.75) is 72.1 Å². The second-order valence-electron chi connectivity index (χ2n) is 7.50. The van der Waals surface area contributed by atoms with Crippen LogP contribution in [0.4, 0.5) is 5.69 Å². The van der Waals surface area contributed by atoms with E-state index in [2.05, 4.69) is 87.0 Å². The lowest BCUT2D eigenvalue weighted by atomic mass is 9.78. The zero-order chi connectivity index (χ0) is 20.8. The predicted molar refractivity (Wildman–Crippen MR) is 134 cm³/mol. The van der Waals surface area contributed by atoms with Gasteiger partial charge in [-0.15, -0.1) is 12.6 Å². The largest absolute Gasteiger partial charge is 0.341 e. The van der Waals surface area contributed by atoms with Gasteiger partial charge in [0, 0.05) is 5.69 Å². The normalized spacial score (nSPS) is 19.4. The SMILES string of the molecule is CCCC=CC1CCC(c2ccc(NC(=S)S)cc2)CC1.CCN(CC)CC. The van der Waals surface area contributed by atoms with Crippen molar-refractivity contribution in [3.05, 3.63) is 42.0 Å². The van der Waals surface area contributed by atoms with Crippen molar-refractivity contribution in [2.24, 2.45) is 5.92 Å². The van der Waals surface area contributed by atoms with Gasteiger partial charge in [0.05, 0.1) is 0 Å². The van der Waals surface area contributed by atoms with Crippen LogP contribution in [0.3, 0.4) is 0 Å². The van der Waals surface area contributed by atoms with E-state index in [1.807, 2.05) is 0 Å². The van der Waals surface area contributed by atoms with E-state index in [4.69, 9.17) is 12.2 Å². The minimum Gasteiger partial charge on any atom is -0.341 e. The summed E-state index contributed by atoms with van der Waals surface area (Å²) in [4.78, 5) is 2.38. The van der Waals surface area contributed by atoms with Crippen LogP contribution in [0.15, 0.2) is 36.4 Å². The van der Waals surface area contributed by atoms with Crippen molar-refractivity contribution in [3.63, 3.8) is 0 Å². The number of anilines is 1. The monoisotopic (exact) mass is 420 g/mol. The first-order valence-electron chi connectivity index (χ1n) is 11.0. The highest BCUT2D eigenvalue weighted by Crippen LogP contribution is 2.36. The molecule has 0 unspecified atom stereocenters. The minimum absolute atomic E-state index is 0.516. The maximum Gasteiger partial charge on any atom is 0.135 e. The molecule has 1 fully saturated rings. The smallest absolute Gasteiger partial charge is 0.135 e. The van der Waals surface area contributed by atoms with E-state index in [0.29, 0.717) is 4.32 Å². The van der Waals surface area contributed by atoms with Gasteiger partial charge in [0.2, 0.25) is 0 Å². The molecule has 158 valence electrons.